The van der Waals surface area contributed by atoms with Gasteiger partial charge in [0.2, 0.25) is 15.9 Å². The smallest absolute Gasteiger partial charge is 0.238 e. The first-order chi connectivity index (χ1) is 9.97. The molecule has 1 fully saturated rings. The van der Waals surface area contributed by atoms with Gasteiger partial charge in [0.1, 0.15) is 0 Å². The number of sulfonamides is 1. The van der Waals surface area contributed by atoms with Gasteiger partial charge < -0.3 is 5.32 Å². The summed E-state index contributed by atoms with van der Waals surface area (Å²) in [5.41, 5.74) is 0.606. The van der Waals surface area contributed by atoms with E-state index in [9.17, 15) is 13.2 Å². The average molecular weight is 310 g/mol. The minimum absolute atomic E-state index is 0.0280. The van der Waals surface area contributed by atoms with Crippen LogP contribution in [0.25, 0.3) is 0 Å². The van der Waals surface area contributed by atoms with E-state index in [2.05, 4.69) is 5.32 Å². The Hall–Kier alpha value is -1.40. The summed E-state index contributed by atoms with van der Waals surface area (Å²) in [6, 6.07) is 5.95. The summed E-state index contributed by atoms with van der Waals surface area (Å²) < 4.78 is 22.3. The van der Waals surface area contributed by atoms with Crippen LogP contribution in [0.2, 0.25) is 0 Å². The molecule has 0 atom stereocenters. The summed E-state index contributed by atoms with van der Waals surface area (Å²) >= 11 is 0. The van der Waals surface area contributed by atoms with Gasteiger partial charge in [0.15, 0.2) is 0 Å². The third-order valence-electron chi connectivity index (χ3n) is 3.93. The molecule has 0 spiro atoms. The zero-order valence-corrected chi connectivity index (χ0v) is 12.9. The van der Waals surface area contributed by atoms with Gasteiger partial charge in [0.25, 0.3) is 0 Å². The first-order valence-corrected chi connectivity index (χ1v) is 8.95. The van der Waals surface area contributed by atoms with Gasteiger partial charge in [-0.25, -0.2) is 13.6 Å². The van der Waals surface area contributed by atoms with E-state index < -0.39 is 10.0 Å². The lowest BCUT2D eigenvalue weighted by Crippen LogP contribution is -2.23. The lowest BCUT2D eigenvalue weighted by Gasteiger charge is -2.19. The molecule has 6 heteroatoms. The number of carbonyl (C=O) groups excluding carboxylic acids is 1. The van der Waals surface area contributed by atoms with Gasteiger partial charge in [0, 0.05) is 11.6 Å². The number of nitrogens with one attached hydrogen (secondary N) is 1. The number of primary sulfonamides is 1. The molecule has 116 valence electrons. The molecule has 0 aromatic heterocycles. The van der Waals surface area contributed by atoms with Crippen LogP contribution in [0.1, 0.15) is 44.9 Å². The monoisotopic (exact) mass is 310 g/mol. The molecule has 0 heterocycles. The molecule has 1 saturated carbocycles. The molecule has 0 radical (unpaired) electrons. The minimum Gasteiger partial charge on any atom is -0.326 e. The van der Waals surface area contributed by atoms with Crippen molar-refractivity contribution in [3.05, 3.63) is 24.3 Å². The number of hydrogen-bond acceptors (Lipinski definition) is 3. The average Bonchev–Trinajstić information content (AvgIpc) is 2.37. The zero-order valence-electron chi connectivity index (χ0n) is 12.0. The van der Waals surface area contributed by atoms with Crippen molar-refractivity contribution in [2.24, 2.45) is 11.1 Å². The largest absolute Gasteiger partial charge is 0.326 e. The van der Waals surface area contributed by atoms with Crippen molar-refractivity contribution < 1.29 is 13.2 Å². The lowest BCUT2D eigenvalue weighted by atomic mass is 9.90. The number of hydrogen-bond donors (Lipinski definition) is 2. The molecule has 1 aromatic rings. The van der Waals surface area contributed by atoms with E-state index in [1.54, 1.807) is 12.1 Å². The van der Waals surface area contributed by atoms with Crippen molar-refractivity contribution in [1.82, 2.24) is 0 Å². The molecule has 1 amide bonds. The second kappa shape index (κ2) is 7.04. The molecular weight excluding hydrogens is 288 g/mol. The van der Waals surface area contributed by atoms with Crippen LogP contribution in [0, 0.1) is 5.92 Å². The third-order valence-corrected chi connectivity index (χ3v) is 4.86. The summed E-state index contributed by atoms with van der Waals surface area (Å²) in [4.78, 5) is 12.3. The van der Waals surface area contributed by atoms with E-state index in [0.29, 0.717) is 5.69 Å². The molecule has 5 nitrogen and oxygen atoms in total. The van der Waals surface area contributed by atoms with E-state index in [1.165, 1.54) is 31.4 Å². The van der Waals surface area contributed by atoms with Crippen LogP contribution < -0.4 is 10.5 Å². The Morgan fingerprint density at radius 1 is 1.00 bits per heavy atom. The molecule has 21 heavy (non-hydrogen) atoms. The SMILES string of the molecule is NS(=O)(=O)c1ccc(NC(=O)C2CCCCCCC2)cc1. The summed E-state index contributed by atoms with van der Waals surface area (Å²) in [5.74, 6) is 0.0865. The Morgan fingerprint density at radius 3 is 2.05 bits per heavy atom. The third kappa shape index (κ3) is 4.82. The van der Waals surface area contributed by atoms with Crippen molar-refractivity contribution in [2.45, 2.75) is 49.8 Å². The normalized spacial score (nSPS) is 17.8. The predicted molar refractivity (Wildman–Crippen MR) is 82.3 cm³/mol. The van der Waals surface area contributed by atoms with Crippen LogP contribution >= 0.6 is 0 Å². The molecule has 1 aliphatic carbocycles. The highest BCUT2D eigenvalue weighted by molar-refractivity contribution is 7.89. The zero-order chi connectivity index (χ0) is 15.3. The van der Waals surface area contributed by atoms with Crippen molar-refractivity contribution in [1.29, 1.82) is 0 Å². The Labute approximate surface area is 126 Å². The maximum Gasteiger partial charge on any atom is 0.238 e. The maximum absolute atomic E-state index is 12.3. The molecule has 0 unspecified atom stereocenters. The summed E-state index contributed by atoms with van der Waals surface area (Å²) in [6.07, 6.45) is 7.73. The highest BCUT2D eigenvalue weighted by Crippen LogP contribution is 2.24. The Bertz CT molecular complexity index is 573. The van der Waals surface area contributed by atoms with E-state index in [-0.39, 0.29) is 16.7 Å². The summed E-state index contributed by atoms with van der Waals surface area (Å²) in [6.45, 7) is 0. The molecule has 3 N–H and O–H groups in total. The Kier molecular flexibility index (Phi) is 5.36. The van der Waals surface area contributed by atoms with Crippen LogP contribution in [0.4, 0.5) is 5.69 Å². The molecule has 1 aromatic carbocycles. The number of nitrogens with two attached hydrogens (primary N) is 1. The second-order valence-electron chi connectivity index (χ2n) is 5.60. The fraction of sp³-hybridized carbons (Fsp3) is 0.533. The molecule has 0 bridgehead atoms. The van der Waals surface area contributed by atoms with Crippen molar-refractivity contribution in [3.8, 4) is 0 Å². The Morgan fingerprint density at radius 2 is 1.52 bits per heavy atom. The molecule has 0 saturated heterocycles. The van der Waals surface area contributed by atoms with Crippen molar-refractivity contribution in [3.63, 3.8) is 0 Å². The van der Waals surface area contributed by atoms with Crippen molar-refractivity contribution >= 4 is 21.6 Å². The number of anilines is 1. The highest BCUT2D eigenvalue weighted by atomic mass is 32.2. The standard InChI is InChI=1S/C15H22N2O3S/c16-21(19,20)14-10-8-13(9-11-14)17-15(18)12-6-4-2-1-3-5-7-12/h8-12H,1-7H2,(H,17,18)(H2,16,19,20). The predicted octanol–water partition coefficient (Wildman–Crippen LogP) is 2.63. The topological polar surface area (TPSA) is 89.3 Å². The van der Waals surface area contributed by atoms with Crippen LogP contribution in [0.3, 0.4) is 0 Å². The number of benzene rings is 1. The second-order valence-corrected chi connectivity index (χ2v) is 7.16. The van der Waals surface area contributed by atoms with Crippen molar-refractivity contribution in [2.75, 3.05) is 5.32 Å². The van der Waals surface area contributed by atoms with E-state index >= 15 is 0 Å². The Balaban J connectivity index is 1.98. The summed E-state index contributed by atoms with van der Waals surface area (Å²) in [5, 5.41) is 7.91. The quantitative estimate of drug-likeness (QED) is 0.899. The molecule has 1 aliphatic rings. The van der Waals surface area contributed by atoms with Crippen LogP contribution in [0.15, 0.2) is 29.2 Å². The van der Waals surface area contributed by atoms with E-state index in [1.807, 2.05) is 0 Å². The fourth-order valence-electron chi connectivity index (χ4n) is 2.69. The van der Waals surface area contributed by atoms with Gasteiger partial charge in [-0.05, 0) is 37.1 Å². The number of rotatable bonds is 3. The number of amides is 1. The molecule has 0 aliphatic heterocycles. The van der Waals surface area contributed by atoms with Gasteiger partial charge in [-0.1, -0.05) is 32.1 Å². The van der Waals surface area contributed by atoms with Gasteiger partial charge >= 0.3 is 0 Å². The van der Waals surface area contributed by atoms with Crippen LogP contribution in [-0.2, 0) is 14.8 Å². The van der Waals surface area contributed by atoms with E-state index in [0.717, 1.165) is 25.7 Å². The van der Waals surface area contributed by atoms with Crippen LogP contribution in [-0.4, -0.2) is 14.3 Å². The van der Waals surface area contributed by atoms with Gasteiger partial charge in [-0.2, -0.15) is 0 Å². The lowest BCUT2D eigenvalue weighted by molar-refractivity contribution is -0.120. The van der Waals surface area contributed by atoms with Gasteiger partial charge in [0.05, 0.1) is 4.90 Å². The maximum atomic E-state index is 12.3. The molecular formula is C15H22N2O3S. The number of carbonyl (C=O) groups is 1. The van der Waals surface area contributed by atoms with Gasteiger partial charge in [-0.15, -0.1) is 0 Å². The highest BCUT2D eigenvalue weighted by Gasteiger charge is 2.19. The molecule has 2 rings (SSSR count). The first-order valence-electron chi connectivity index (χ1n) is 7.40. The minimum atomic E-state index is -3.69. The van der Waals surface area contributed by atoms with E-state index in [4.69, 9.17) is 5.14 Å². The van der Waals surface area contributed by atoms with Gasteiger partial charge in [-0.3, -0.25) is 4.79 Å². The first kappa shape index (κ1) is 16.0. The summed E-state index contributed by atoms with van der Waals surface area (Å²) in [7, 11) is -3.69. The fourth-order valence-corrected chi connectivity index (χ4v) is 3.21. The van der Waals surface area contributed by atoms with Crippen LogP contribution in [0.5, 0.6) is 0 Å².